The molecule has 0 aliphatic carbocycles. The first-order chi connectivity index (χ1) is 9.11. The normalized spacial score (nSPS) is 10.1. The lowest BCUT2D eigenvalue weighted by Gasteiger charge is -2.06. The molecule has 2 aromatic rings. The molecule has 1 aromatic carbocycles. The summed E-state index contributed by atoms with van der Waals surface area (Å²) < 4.78 is 15.0. The number of rotatable bonds is 3. The molecule has 1 aromatic heterocycles. The van der Waals surface area contributed by atoms with E-state index in [0.29, 0.717) is 5.56 Å². The Morgan fingerprint density at radius 2 is 1.63 bits per heavy atom. The Labute approximate surface area is 107 Å². The van der Waals surface area contributed by atoms with Crippen LogP contribution in [0.3, 0.4) is 0 Å². The number of nitrogens with zero attached hydrogens (tertiary/aromatic N) is 3. The zero-order chi connectivity index (χ0) is 13.8. The molecule has 0 bridgehead atoms. The molecule has 1 heterocycles. The minimum atomic E-state index is -0.744. The lowest BCUT2D eigenvalue weighted by atomic mass is 10.2. The van der Waals surface area contributed by atoms with Crippen LogP contribution in [0.1, 0.15) is 5.56 Å². The zero-order valence-corrected chi connectivity index (χ0v) is 9.91. The maximum Gasteiger partial charge on any atom is 0.317 e. The lowest BCUT2D eigenvalue weighted by molar-refractivity contribution is 0.625. The predicted octanol–water partition coefficient (Wildman–Crippen LogP) is 0.721. The van der Waals surface area contributed by atoms with Gasteiger partial charge in [0.2, 0.25) is 0 Å². The molecule has 0 unspecified atom stereocenters. The molecule has 0 spiro atoms. The highest BCUT2D eigenvalue weighted by Crippen LogP contribution is 2.03. The zero-order valence-electron chi connectivity index (χ0n) is 9.91. The smallest absolute Gasteiger partial charge is 0.305 e. The van der Waals surface area contributed by atoms with Gasteiger partial charge in [-0.05, 0) is 17.7 Å². The number of halogens is 1. The quantitative estimate of drug-likeness (QED) is 0.763. The molecule has 0 N–H and O–H groups in total. The van der Waals surface area contributed by atoms with Gasteiger partial charge in [0, 0.05) is 12.4 Å². The van der Waals surface area contributed by atoms with Gasteiger partial charge in [0.25, 0.3) is 0 Å². The number of nitriles is 1. The Kier molecular flexibility index (Phi) is 3.57. The molecule has 0 fully saturated rings. The van der Waals surface area contributed by atoms with E-state index in [1.54, 1.807) is 18.2 Å². The Bertz CT molecular complexity index is 738. The van der Waals surface area contributed by atoms with Crippen LogP contribution < -0.4 is 11.1 Å². The van der Waals surface area contributed by atoms with Crippen molar-refractivity contribution in [3.63, 3.8) is 0 Å². The summed E-state index contributed by atoms with van der Waals surface area (Å²) in [5, 5.41) is 8.51. The van der Waals surface area contributed by atoms with Crippen LogP contribution in [-0.4, -0.2) is 9.13 Å². The van der Waals surface area contributed by atoms with Crippen LogP contribution in [0.15, 0.2) is 46.2 Å². The van der Waals surface area contributed by atoms with Gasteiger partial charge in [-0.15, -0.1) is 0 Å². The molecule has 0 saturated heterocycles. The summed E-state index contributed by atoms with van der Waals surface area (Å²) in [6, 6.07) is 7.47. The molecule has 19 heavy (non-hydrogen) atoms. The van der Waals surface area contributed by atoms with Crippen molar-refractivity contribution in [2.24, 2.45) is 0 Å². The van der Waals surface area contributed by atoms with Crippen LogP contribution >= 0.6 is 0 Å². The summed E-state index contributed by atoms with van der Waals surface area (Å²) in [5.74, 6) is -0.361. The molecular formula is C13H10FN3O2. The lowest BCUT2D eigenvalue weighted by Crippen LogP contribution is -2.40. The minimum Gasteiger partial charge on any atom is -0.305 e. The van der Waals surface area contributed by atoms with Crippen molar-refractivity contribution in [2.45, 2.75) is 13.1 Å². The second kappa shape index (κ2) is 5.31. The molecule has 0 atom stereocenters. The Morgan fingerprint density at radius 3 is 2.26 bits per heavy atom. The molecule has 5 nitrogen and oxygen atoms in total. The van der Waals surface area contributed by atoms with Gasteiger partial charge in [-0.1, -0.05) is 12.1 Å². The molecule has 6 heteroatoms. The second-order valence-electron chi connectivity index (χ2n) is 3.95. The van der Waals surface area contributed by atoms with Gasteiger partial charge < -0.3 is 4.57 Å². The third-order valence-electron chi connectivity index (χ3n) is 2.64. The van der Waals surface area contributed by atoms with Crippen LogP contribution in [0, 0.1) is 17.1 Å². The Morgan fingerprint density at radius 1 is 1.05 bits per heavy atom. The monoisotopic (exact) mass is 259 g/mol. The van der Waals surface area contributed by atoms with E-state index in [1.165, 1.54) is 29.1 Å². The fourth-order valence-electron chi connectivity index (χ4n) is 1.65. The molecule has 2 rings (SSSR count). The topological polar surface area (TPSA) is 67.8 Å². The molecule has 0 aliphatic rings. The van der Waals surface area contributed by atoms with Gasteiger partial charge >= 0.3 is 11.1 Å². The number of aromatic nitrogens is 2. The van der Waals surface area contributed by atoms with Crippen LogP contribution in [0.5, 0.6) is 0 Å². The van der Waals surface area contributed by atoms with Crippen LogP contribution in [-0.2, 0) is 13.1 Å². The van der Waals surface area contributed by atoms with Gasteiger partial charge in [-0.25, -0.2) is 4.39 Å². The third-order valence-corrected chi connectivity index (χ3v) is 2.64. The van der Waals surface area contributed by atoms with Crippen LogP contribution in [0.2, 0.25) is 0 Å². The number of hydrogen-bond donors (Lipinski definition) is 0. The van der Waals surface area contributed by atoms with Gasteiger partial charge in [-0.2, -0.15) is 5.26 Å². The van der Waals surface area contributed by atoms with Crippen molar-refractivity contribution >= 4 is 0 Å². The summed E-state index contributed by atoms with van der Waals surface area (Å²) in [6.45, 7) is 0.0210. The first-order valence-corrected chi connectivity index (χ1v) is 5.53. The average Bonchev–Trinajstić information content (AvgIpc) is 2.41. The Hall–Kier alpha value is -2.68. The first kappa shape index (κ1) is 12.8. The summed E-state index contributed by atoms with van der Waals surface area (Å²) in [7, 11) is 0. The molecular weight excluding hydrogens is 249 g/mol. The molecule has 0 amide bonds. The first-order valence-electron chi connectivity index (χ1n) is 5.53. The highest BCUT2D eigenvalue weighted by molar-refractivity contribution is 5.16. The van der Waals surface area contributed by atoms with E-state index < -0.39 is 11.1 Å². The van der Waals surface area contributed by atoms with Gasteiger partial charge in [0.05, 0.1) is 12.6 Å². The van der Waals surface area contributed by atoms with E-state index >= 15 is 0 Å². The van der Waals surface area contributed by atoms with Gasteiger partial charge in [0.1, 0.15) is 12.4 Å². The summed E-state index contributed by atoms with van der Waals surface area (Å²) in [4.78, 5) is 23.4. The number of benzene rings is 1. The van der Waals surface area contributed by atoms with Crippen molar-refractivity contribution in [1.29, 1.82) is 5.26 Å². The largest absolute Gasteiger partial charge is 0.317 e. The van der Waals surface area contributed by atoms with E-state index in [0.717, 1.165) is 4.57 Å². The summed E-state index contributed by atoms with van der Waals surface area (Å²) in [5.41, 5.74) is -0.742. The molecule has 0 aliphatic heterocycles. The Balaban J connectivity index is 2.35. The van der Waals surface area contributed by atoms with Crippen molar-refractivity contribution in [2.75, 3.05) is 0 Å². The third kappa shape index (κ3) is 2.77. The van der Waals surface area contributed by atoms with E-state index in [9.17, 15) is 14.0 Å². The van der Waals surface area contributed by atoms with Crippen molar-refractivity contribution in [3.8, 4) is 6.07 Å². The fourth-order valence-corrected chi connectivity index (χ4v) is 1.65. The fraction of sp³-hybridized carbons (Fsp3) is 0.154. The second-order valence-corrected chi connectivity index (χ2v) is 3.95. The minimum absolute atomic E-state index is 0.161. The number of hydrogen-bond acceptors (Lipinski definition) is 3. The van der Waals surface area contributed by atoms with Crippen molar-refractivity contribution in [3.05, 3.63) is 68.7 Å². The highest BCUT2D eigenvalue weighted by Gasteiger charge is 2.05. The predicted molar refractivity (Wildman–Crippen MR) is 66.1 cm³/mol. The molecule has 0 radical (unpaired) electrons. The van der Waals surface area contributed by atoms with Gasteiger partial charge in [0.15, 0.2) is 0 Å². The summed E-state index contributed by atoms with van der Waals surface area (Å²) in [6.07, 6.45) is 2.82. The van der Waals surface area contributed by atoms with E-state index in [1.807, 2.05) is 0 Å². The van der Waals surface area contributed by atoms with E-state index in [4.69, 9.17) is 5.26 Å². The maximum absolute atomic E-state index is 12.8. The molecule has 96 valence electrons. The average molecular weight is 259 g/mol. The van der Waals surface area contributed by atoms with Crippen LogP contribution in [0.4, 0.5) is 4.39 Å². The van der Waals surface area contributed by atoms with E-state index in [-0.39, 0.29) is 18.9 Å². The SMILES string of the molecule is N#CCn1ccn(Cc2ccc(F)cc2)c(=O)c1=O. The van der Waals surface area contributed by atoms with Gasteiger partial charge in [-0.3, -0.25) is 14.2 Å². The standard InChI is InChI=1S/C13H10FN3O2/c14-11-3-1-10(2-4-11)9-17-8-7-16(6-5-15)12(18)13(17)19/h1-4,7-8H,6,9H2. The van der Waals surface area contributed by atoms with Crippen molar-refractivity contribution in [1.82, 2.24) is 9.13 Å². The maximum atomic E-state index is 12.8. The molecule has 0 saturated carbocycles. The highest BCUT2D eigenvalue weighted by atomic mass is 19.1. The van der Waals surface area contributed by atoms with E-state index in [2.05, 4.69) is 0 Å². The van der Waals surface area contributed by atoms with Crippen molar-refractivity contribution < 1.29 is 4.39 Å². The summed E-state index contributed by atoms with van der Waals surface area (Å²) >= 11 is 0. The van der Waals surface area contributed by atoms with Crippen LogP contribution in [0.25, 0.3) is 0 Å².